The average Bonchev–Trinajstić information content (AvgIpc) is 4.11. The number of nitrogens with zero attached hydrogens (tertiary/aromatic N) is 2. The van der Waals surface area contributed by atoms with Gasteiger partial charge in [0, 0.05) is 68.0 Å². The van der Waals surface area contributed by atoms with Crippen LogP contribution in [0.1, 0.15) is 0 Å². The van der Waals surface area contributed by atoms with Crippen LogP contribution in [0, 0.1) is 0 Å². The van der Waals surface area contributed by atoms with Crippen LogP contribution < -0.4 is 28.7 Å². The third-order valence-corrected chi connectivity index (χ3v) is 11.8. The third kappa shape index (κ3) is 4.91. The Kier molecular flexibility index (Phi) is 6.97. The highest BCUT2D eigenvalue weighted by Gasteiger charge is 2.26. The molecule has 13 rings (SSSR count). The van der Waals surface area contributed by atoms with E-state index in [1.807, 2.05) is 36.4 Å². The van der Waals surface area contributed by atoms with Gasteiger partial charge < -0.3 is 37.6 Å². The molecule has 0 amide bonds. The van der Waals surface area contributed by atoms with Gasteiger partial charge in [0.25, 0.3) is 0 Å². The Morgan fingerprint density at radius 1 is 0.300 bits per heavy atom. The summed E-state index contributed by atoms with van der Waals surface area (Å²) < 4.78 is 36.8. The van der Waals surface area contributed by atoms with E-state index >= 15 is 0 Å². The van der Waals surface area contributed by atoms with E-state index in [4.69, 9.17) is 27.8 Å². The number of hydrogen-bond donors (Lipinski definition) is 0. The second-order valence-electron chi connectivity index (χ2n) is 15.1. The lowest BCUT2D eigenvalue weighted by atomic mass is 9.98. The van der Waals surface area contributed by atoms with Crippen molar-refractivity contribution < 1.29 is 27.8 Å². The lowest BCUT2D eigenvalue weighted by molar-refractivity contribution is 0.173. The Labute approximate surface area is 342 Å². The molecule has 0 N–H and O–H groups in total. The molecule has 9 aromatic carbocycles. The topological polar surface area (TPSA) is 69.7 Å². The monoisotopic (exact) mass is 780 g/mol. The van der Waals surface area contributed by atoms with E-state index in [-0.39, 0.29) is 13.6 Å². The summed E-state index contributed by atoms with van der Waals surface area (Å²) in [7, 11) is 0. The Balaban J connectivity index is 1.03. The summed E-state index contributed by atoms with van der Waals surface area (Å²) in [4.78, 5) is 4.50. The number of rotatable bonds is 6. The van der Waals surface area contributed by atoms with E-state index in [2.05, 4.69) is 143 Å². The number of furan rings is 2. The minimum absolute atomic E-state index is 0.209. The zero-order valence-electron chi connectivity index (χ0n) is 31.9. The van der Waals surface area contributed by atoms with Crippen molar-refractivity contribution in [3.8, 4) is 23.0 Å². The predicted molar refractivity (Wildman–Crippen MR) is 238 cm³/mol. The normalized spacial score (nSPS) is 13.1. The molecule has 4 heterocycles. The maximum Gasteiger partial charge on any atom is 0.231 e. The largest absolute Gasteiger partial charge is 0.456 e. The molecule has 8 nitrogen and oxygen atoms in total. The molecule has 0 aliphatic carbocycles. The number of para-hydroxylation sites is 2. The van der Waals surface area contributed by atoms with Crippen molar-refractivity contribution in [2.24, 2.45) is 0 Å². The summed E-state index contributed by atoms with van der Waals surface area (Å²) >= 11 is 0. The SMILES string of the molecule is c1ccc(N(c2ccc3c(c2)OCO3)c2cc3oc4cc5c(cc4c3c3ccccc23)oc2cc(N(c3ccccc3)c3ccc4c(c3)OCO4)c3ccccc3c25)cc1. The van der Waals surface area contributed by atoms with E-state index in [9.17, 15) is 0 Å². The molecule has 0 fully saturated rings. The summed E-state index contributed by atoms with van der Waals surface area (Å²) in [5.74, 6) is 2.92. The molecule has 0 atom stereocenters. The number of anilines is 6. The fraction of sp³-hybridized carbons (Fsp3) is 0.0385. The van der Waals surface area contributed by atoms with Crippen molar-refractivity contribution in [2.45, 2.75) is 0 Å². The lowest BCUT2D eigenvalue weighted by Crippen LogP contribution is -2.10. The van der Waals surface area contributed by atoms with Gasteiger partial charge in [0.05, 0.1) is 22.7 Å². The standard InChI is InChI=1S/C52H32N2O6/c1-3-11-31(12-4-1)53(33-19-21-43-47(23-33)57-29-55-43)41-27-49-51(37-17-9-7-15-35(37)41)39-25-46-40(26-45(39)59-49)52-38-18-10-8-16-36(38)42(28-50(52)60-46)54(32-13-5-2-6-14-32)34-20-22-44-48(24-34)58-30-56-44/h1-28H,29-30H2. The van der Waals surface area contributed by atoms with Gasteiger partial charge >= 0.3 is 0 Å². The van der Waals surface area contributed by atoms with Crippen LogP contribution in [0.15, 0.2) is 179 Å². The van der Waals surface area contributed by atoms with Crippen LogP contribution in [0.5, 0.6) is 23.0 Å². The average molecular weight is 781 g/mol. The van der Waals surface area contributed by atoms with Gasteiger partial charge in [-0.3, -0.25) is 0 Å². The maximum atomic E-state index is 6.91. The molecule has 11 aromatic rings. The molecule has 2 aliphatic heterocycles. The van der Waals surface area contributed by atoms with Crippen LogP contribution in [-0.4, -0.2) is 13.6 Å². The van der Waals surface area contributed by atoms with Crippen LogP contribution >= 0.6 is 0 Å². The van der Waals surface area contributed by atoms with Crippen LogP contribution in [0.3, 0.4) is 0 Å². The van der Waals surface area contributed by atoms with Gasteiger partial charge in [0.15, 0.2) is 23.0 Å². The molecule has 2 aromatic heterocycles. The molecular weight excluding hydrogens is 749 g/mol. The van der Waals surface area contributed by atoms with Gasteiger partial charge in [-0.05, 0) is 71.4 Å². The van der Waals surface area contributed by atoms with Crippen molar-refractivity contribution >= 4 is 99.5 Å². The molecule has 286 valence electrons. The summed E-state index contributed by atoms with van der Waals surface area (Å²) in [6.45, 7) is 0.417. The fourth-order valence-electron chi connectivity index (χ4n) is 9.16. The van der Waals surface area contributed by atoms with Crippen LogP contribution in [0.25, 0.3) is 65.4 Å². The van der Waals surface area contributed by atoms with Crippen molar-refractivity contribution in [3.05, 3.63) is 170 Å². The molecule has 60 heavy (non-hydrogen) atoms. The third-order valence-electron chi connectivity index (χ3n) is 11.8. The predicted octanol–water partition coefficient (Wildman–Crippen LogP) is 14.2. The van der Waals surface area contributed by atoms with E-state index in [0.717, 1.165) is 123 Å². The van der Waals surface area contributed by atoms with Gasteiger partial charge in [-0.25, -0.2) is 0 Å². The second kappa shape index (κ2) is 12.7. The van der Waals surface area contributed by atoms with Gasteiger partial charge in [0.1, 0.15) is 22.3 Å². The number of fused-ring (bicyclic) bond motifs is 12. The zero-order chi connectivity index (χ0) is 39.3. The Morgan fingerprint density at radius 2 is 0.700 bits per heavy atom. The fourth-order valence-corrected chi connectivity index (χ4v) is 9.16. The van der Waals surface area contributed by atoms with Crippen molar-refractivity contribution in [2.75, 3.05) is 23.4 Å². The first kappa shape index (κ1) is 32.9. The highest BCUT2D eigenvalue weighted by molar-refractivity contribution is 6.28. The zero-order valence-corrected chi connectivity index (χ0v) is 31.9. The molecule has 0 radical (unpaired) electrons. The molecule has 0 spiro atoms. The lowest BCUT2D eigenvalue weighted by Gasteiger charge is -2.27. The quantitative estimate of drug-likeness (QED) is 0.165. The Bertz CT molecular complexity index is 3290. The van der Waals surface area contributed by atoms with Gasteiger partial charge in [-0.2, -0.15) is 0 Å². The smallest absolute Gasteiger partial charge is 0.231 e. The summed E-state index contributed by atoms with van der Waals surface area (Å²) in [5, 5.41) is 8.38. The number of benzene rings is 9. The van der Waals surface area contributed by atoms with Crippen LogP contribution in [0.2, 0.25) is 0 Å². The van der Waals surface area contributed by atoms with E-state index in [1.54, 1.807) is 0 Å². The van der Waals surface area contributed by atoms with Crippen molar-refractivity contribution in [1.82, 2.24) is 0 Å². The molecule has 2 aliphatic rings. The summed E-state index contributed by atoms with van der Waals surface area (Å²) in [5.41, 5.74) is 9.04. The Hall–Kier alpha value is -8.10. The molecule has 0 saturated heterocycles. The molecule has 8 heteroatoms. The van der Waals surface area contributed by atoms with Crippen molar-refractivity contribution in [1.29, 1.82) is 0 Å². The Morgan fingerprint density at radius 3 is 1.15 bits per heavy atom. The first-order valence-electron chi connectivity index (χ1n) is 19.9. The molecular formula is C52H32N2O6. The minimum Gasteiger partial charge on any atom is -0.456 e. The van der Waals surface area contributed by atoms with E-state index in [0.29, 0.717) is 0 Å². The number of ether oxygens (including phenoxy) is 4. The number of hydrogen-bond acceptors (Lipinski definition) is 8. The highest BCUT2D eigenvalue weighted by atomic mass is 16.7. The van der Waals surface area contributed by atoms with E-state index < -0.39 is 0 Å². The van der Waals surface area contributed by atoms with Crippen LogP contribution in [0.4, 0.5) is 34.1 Å². The first-order chi connectivity index (χ1) is 29.7. The summed E-state index contributed by atoms with van der Waals surface area (Å²) in [6.07, 6.45) is 0. The maximum absolute atomic E-state index is 6.91. The molecule has 0 saturated carbocycles. The van der Waals surface area contributed by atoms with Crippen molar-refractivity contribution in [3.63, 3.8) is 0 Å². The minimum atomic E-state index is 0.209. The first-order valence-corrected chi connectivity index (χ1v) is 19.9. The molecule has 0 bridgehead atoms. The van der Waals surface area contributed by atoms with E-state index in [1.165, 1.54) is 0 Å². The summed E-state index contributed by atoms with van der Waals surface area (Å²) in [6, 6.07) is 58.6. The second-order valence-corrected chi connectivity index (χ2v) is 15.1. The van der Waals surface area contributed by atoms with Gasteiger partial charge in [-0.1, -0.05) is 84.9 Å². The van der Waals surface area contributed by atoms with Gasteiger partial charge in [0.2, 0.25) is 13.6 Å². The van der Waals surface area contributed by atoms with Gasteiger partial charge in [-0.15, -0.1) is 0 Å². The highest BCUT2D eigenvalue weighted by Crippen LogP contribution is 2.50. The van der Waals surface area contributed by atoms with Crippen LogP contribution in [-0.2, 0) is 0 Å². The molecule has 0 unspecified atom stereocenters.